The second-order valence-corrected chi connectivity index (χ2v) is 5.15. The summed E-state index contributed by atoms with van der Waals surface area (Å²) in [5.74, 6) is -2.47. The van der Waals surface area contributed by atoms with Crippen molar-refractivity contribution in [3.63, 3.8) is 0 Å². The monoisotopic (exact) mass is 245 g/mol. The lowest BCUT2D eigenvalue weighted by Crippen LogP contribution is -2.44. The van der Waals surface area contributed by atoms with Gasteiger partial charge in [-0.15, -0.1) is 0 Å². The van der Waals surface area contributed by atoms with E-state index in [1.807, 2.05) is 6.92 Å². The summed E-state index contributed by atoms with van der Waals surface area (Å²) in [5.41, 5.74) is 4.90. The third kappa shape index (κ3) is 6.26. The SMILES string of the molecule is CCCC[C@@H](C(=O)OC(C)(C)C)[C@H](N)C(=O)O. The second kappa shape index (κ2) is 6.59. The first kappa shape index (κ1) is 15.9. The number of nitrogens with two attached hydrogens (primary N) is 1. The summed E-state index contributed by atoms with van der Waals surface area (Å²) in [7, 11) is 0. The molecule has 3 N–H and O–H groups in total. The number of esters is 1. The normalized spacial score (nSPS) is 15.1. The van der Waals surface area contributed by atoms with Gasteiger partial charge in [0, 0.05) is 0 Å². The van der Waals surface area contributed by atoms with Crippen LogP contribution in [0, 0.1) is 5.92 Å². The van der Waals surface area contributed by atoms with Gasteiger partial charge in [0.25, 0.3) is 0 Å². The van der Waals surface area contributed by atoms with E-state index in [-0.39, 0.29) is 0 Å². The Morgan fingerprint density at radius 2 is 1.88 bits per heavy atom. The predicted octanol–water partition coefficient (Wildman–Crippen LogP) is 1.55. The molecule has 0 aliphatic carbocycles. The van der Waals surface area contributed by atoms with Crippen LogP contribution in [0.25, 0.3) is 0 Å². The van der Waals surface area contributed by atoms with Crippen molar-refractivity contribution in [3.8, 4) is 0 Å². The highest BCUT2D eigenvalue weighted by atomic mass is 16.6. The summed E-state index contributed by atoms with van der Waals surface area (Å²) in [6.07, 6.45) is 2.08. The van der Waals surface area contributed by atoms with Crippen LogP contribution in [0.15, 0.2) is 0 Å². The molecule has 0 fully saturated rings. The third-order valence-electron chi connectivity index (χ3n) is 2.30. The Labute approximate surface area is 102 Å². The number of aliphatic carboxylic acids is 1. The lowest BCUT2D eigenvalue weighted by molar-refractivity contribution is -0.164. The van der Waals surface area contributed by atoms with Gasteiger partial charge in [-0.1, -0.05) is 19.8 Å². The average Bonchev–Trinajstić information content (AvgIpc) is 2.15. The van der Waals surface area contributed by atoms with Crippen LogP contribution in [0.2, 0.25) is 0 Å². The number of ether oxygens (including phenoxy) is 1. The number of carboxylic acid groups (broad SMARTS) is 1. The zero-order chi connectivity index (χ0) is 13.6. The molecule has 0 saturated heterocycles. The molecule has 100 valence electrons. The summed E-state index contributed by atoms with van der Waals surface area (Å²) in [6.45, 7) is 7.20. The Balaban J connectivity index is 4.67. The molecule has 0 rings (SSSR count). The molecule has 0 radical (unpaired) electrons. The molecule has 0 bridgehead atoms. The molecule has 0 spiro atoms. The molecule has 5 nitrogen and oxygen atoms in total. The van der Waals surface area contributed by atoms with E-state index >= 15 is 0 Å². The van der Waals surface area contributed by atoms with Crippen LogP contribution in [0.1, 0.15) is 47.0 Å². The lowest BCUT2D eigenvalue weighted by atomic mass is 9.94. The number of carboxylic acids is 1. The van der Waals surface area contributed by atoms with E-state index in [0.29, 0.717) is 6.42 Å². The van der Waals surface area contributed by atoms with E-state index < -0.39 is 29.5 Å². The van der Waals surface area contributed by atoms with E-state index in [4.69, 9.17) is 15.6 Å². The van der Waals surface area contributed by atoms with E-state index in [2.05, 4.69) is 0 Å². The van der Waals surface area contributed by atoms with Gasteiger partial charge in [0.2, 0.25) is 0 Å². The molecular weight excluding hydrogens is 222 g/mol. The minimum absolute atomic E-state index is 0.443. The molecule has 0 aliphatic heterocycles. The first-order valence-corrected chi connectivity index (χ1v) is 5.90. The summed E-state index contributed by atoms with van der Waals surface area (Å²) >= 11 is 0. The third-order valence-corrected chi connectivity index (χ3v) is 2.30. The number of hydrogen-bond acceptors (Lipinski definition) is 4. The van der Waals surface area contributed by atoms with Gasteiger partial charge in [-0.3, -0.25) is 9.59 Å². The van der Waals surface area contributed by atoms with Crippen molar-refractivity contribution in [3.05, 3.63) is 0 Å². The van der Waals surface area contributed by atoms with Gasteiger partial charge in [0.1, 0.15) is 11.6 Å². The fourth-order valence-corrected chi connectivity index (χ4v) is 1.42. The highest BCUT2D eigenvalue weighted by Crippen LogP contribution is 2.18. The van der Waals surface area contributed by atoms with Gasteiger partial charge in [0.05, 0.1) is 5.92 Å². The first-order valence-electron chi connectivity index (χ1n) is 5.90. The maximum atomic E-state index is 11.8. The van der Waals surface area contributed by atoms with Gasteiger partial charge >= 0.3 is 11.9 Å². The Bertz CT molecular complexity index is 270. The predicted molar refractivity (Wildman–Crippen MR) is 64.5 cm³/mol. The smallest absolute Gasteiger partial charge is 0.321 e. The van der Waals surface area contributed by atoms with E-state index in [1.165, 1.54) is 0 Å². The van der Waals surface area contributed by atoms with Gasteiger partial charge in [0.15, 0.2) is 0 Å². The molecule has 0 aromatic rings. The van der Waals surface area contributed by atoms with Gasteiger partial charge in [-0.05, 0) is 27.2 Å². The Hall–Kier alpha value is -1.10. The maximum Gasteiger partial charge on any atom is 0.321 e. The Kier molecular flexibility index (Phi) is 6.16. The number of carbonyl (C=O) groups excluding carboxylic acids is 1. The molecule has 0 heterocycles. The van der Waals surface area contributed by atoms with Crippen molar-refractivity contribution >= 4 is 11.9 Å². The molecule has 0 amide bonds. The van der Waals surface area contributed by atoms with Crippen LogP contribution in [-0.4, -0.2) is 28.7 Å². The van der Waals surface area contributed by atoms with Crippen LogP contribution < -0.4 is 5.73 Å². The largest absolute Gasteiger partial charge is 0.480 e. The first-order chi connectivity index (χ1) is 7.69. The molecule has 2 atom stereocenters. The maximum absolute atomic E-state index is 11.8. The second-order valence-electron chi connectivity index (χ2n) is 5.15. The van der Waals surface area contributed by atoms with Crippen LogP contribution in [0.3, 0.4) is 0 Å². The van der Waals surface area contributed by atoms with Gasteiger partial charge < -0.3 is 15.6 Å². The molecule has 0 aliphatic rings. The van der Waals surface area contributed by atoms with Crippen molar-refractivity contribution in [1.82, 2.24) is 0 Å². The highest BCUT2D eigenvalue weighted by molar-refractivity contribution is 5.83. The lowest BCUT2D eigenvalue weighted by Gasteiger charge is -2.25. The van der Waals surface area contributed by atoms with Crippen LogP contribution in [0.5, 0.6) is 0 Å². The summed E-state index contributed by atoms with van der Waals surface area (Å²) in [4.78, 5) is 22.7. The van der Waals surface area contributed by atoms with Gasteiger partial charge in [-0.25, -0.2) is 0 Å². The van der Waals surface area contributed by atoms with Crippen molar-refractivity contribution in [1.29, 1.82) is 0 Å². The number of hydrogen-bond donors (Lipinski definition) is 2. The van der Waals surface area contributed by atoms with Crippen molar-refractivity contribution in [2.45, 2.75) is 58.6 Å². The van der Waals surface area contributed by atoms with Crippen molar-refractivity contribution < 1.29 is 19.4 Å². The van der Waals surface area contributed by atoms with Gasteiger partial charge in [-0.2, -0.15) is 0 Å². The molecule has 17 heavy (non-hydrogen) atoms. The van der Waals surface area contributed by atoms with Crippen LogP contribution in [-0.2, 0) is 14.3 Å². The zero-order valence-corrected chi connectivity index (χ0v) is 11.0. The standard InChI is InChI=1S/C12H23NO4/c1-5-6-7-8(9(13)10(14)15)11(16)17-12(2,3)4/h8-9H,5-7,13H2,1-4H3,(H,14,15)/t8-,9+/m1/s1. The minimum atomic E-state index is -1.20. The Morgan fingerprint density at radius 3 is 2.24 bits per heavy atom. The minimum Gasteiger partial charge on any atom is -0.480 e. The molecule has 5 heteroatoms. The van der Waals surface area contributed by atoms with E-state index in [9.17, 15) is 9.59 Å². The van der Waals surface area contributed by atoms with Crippen molar-refractivity contribution in [2.24, 2.45) is 11.7 Å². The number of rotatable bonds is 6. The number of carbonyl (C=O) groups is 2. The van der Waals surface area contributed by atoms with E-state index in [0.717, 1.165) is 12.8 Å². The zero-order valence-electron chi connectivity index (χ0n) is 11.0. The highest BCUT2D eigenvalue weighted by Gasteiger charge is 2.33. The molecule has 0 aromatic heterocycles. The average molecular weight is 245 g/mol. The molecule has 0 saturated carbocycles. The fourth-order valence-electron chi connectivity index (χ4n) is 1.42. The van der Waals surface area contributed by atoms with Crippen LogP contribution >= 0.6 is 0 Å². The summed E-state index contributed by atoms with van der Waals surface area (Å²) in [6, 6.07) is -1.20. The fraction of sp³-hybridized carbons (Fsp3) is 0.833. The molecular formula is C12H23NO4. The van der Waals surface area contributed by atoms with Crippen molar-refractivity contribution in [2.75, 3.05) is 0 Å². The summed E-state index contributed by atoms with van der Waals surface area (Å²) < 4.78 is 5.19. The Morgan fingerprint density at radius 1 is 1.35 bits per heavy atom. The topological polar surface area (TPSA) is 89.6 Å². The van der Waals surface area contributed by atoms with Crippen LogP contribution in [0.4, 0.5) is 0 Å². The van der Waals surface area contributed by atoms with E-state index in [1.54, 1.807) is 20.8 Å². The molecule has 0 aromatic carbocycles. The molecule has 0 unspecified atom stereocenters. The summed E-state index contributed by atoms with van der Waals surface area (Å²) in [5, 5.41) is 8.87. The quantitative estimate of drug-likeness (QED) is 0.693. The number of unbranched alkanes of at least 4 members (excludes halogenated alkanes) is 1.